The molecular formula is C13H30N2O5S. The van der Waals surface area contributed by atoms with Crippen LogP contribution in [0.4, 0.5) is 4.79 Å². The van der Waals surface area contributed by atoms with Gasteiger partial charge in [0.1, 0.15) is 5.60 Å². The molecule has 0 bridgehead atoms. The van der Waals surface area contributed by atoms with Gasteiger partial charge in [0.2, 0.25) is 0 Å². The fraction of sp³-hybridized carbons (Fsp3) is 0.923. The average Bonchev–Trinajstić information content (AvgIpc) is 2.24. The van der Waals surface area contributed by atoms with Gasteiger partial charge in [-0.1, -0.05) is 20.8 Å². The molecule has 8 heteroatoms. The monoisotopic (exact) mass is 326 g/mol. The van der Waals surface area contributed by atoms with Crippen LogP contribution in [0.25, 0.3) is 0 Å². The van der Waals surface area contributed by atoms with Crippen LogP contribution in [0.1, 0.15) is 48.0 Å². The van der Waals surface area contributed by atoms with E-state index in [1.807, 2.05) is 11.6 Å². The van der Waals surface area contributed by atoms with Gasteiger partial charge in [-0.15, -0.1) is 0 Å². The van der Waals surface area contributed by atoms with Gasteiger partial charge in [-0.3, -0.25) is 0 Å². The van der Waals surface area contributed by atoms with E-state index in [4.69, 9.17) is 9.47 Å². The second kappa shape index (κ2) is 9.97. The molecule has 0 saturated heterocycles. The second-order valence-electron chi connectivity index (χ2n) is 5.40. The van der Waals surface area contributed by atoms with E-state index in [0.29, 0.717) is 6.61 Å². The molecule has 0 aromatic heterocycles. The van der Waals surface area contributed by atoms with Crippen molar-refractivity contribution in [1.82, 2.24) is 9.03 Å². The minimum Gasteiger partial charge on any atom is -0.443 e. The summed E-state index contributed by atoms with van der Waals surface area (Å²) >= 11 is 0. The third-order valence-electron chi connectivity index (χ3n) is 2.21. The highest BCUT2D eigenvalue weighted by molar-refractivity contribution is 7.87. The number of hydrogen-bond donors (Lipinski definition) is 1. The topological polar surface area (TPSA) is 84.9 Å². The first kappa shape index (κ1) is 22.4. The van der Waals surface area contributed by atoms with Gasteiger partial charge in [-0.2, -0.15) is 12.7 Å². The van der Waals surface area contributed by atoms with Gasteiger partial charge in [0.05, 0.1) is 6.61 Å². The van der Waals surface area contributed by atoms with E-state index in [1.54, 1.807) is 20.8 Å². The number of amides is 1. The smallest absolute Gasteiger partial charge is 0.422 e. The van der Waals surface area contributed by atoms with E-state index >= 15 is 0 Å². The number of unbranched alkanes of at least 4 members (excludes halogenated alkanes) is 1. The average molecular weight is 326 g/mol. The van der Waals surface area contributed by atoms with Gasteiger partial charge < -0.3 is 9.47 Å². The van der Waals surface area contributed by atoms with Crippen LogP contribution in [0.5, 0.6) is 0 Å². The van der Waals surface area contributed by atoms with Crippen LogP contribution in [0, 0.1) is 0 Å². The number of nitrogens with one attached hydrogen (secondary N) is 1. The molecule has 0 atom stereocenters. The summed E-state index contributed by atoms with van der Waals surface area (Å²) in [6.45, 7) is 8.07. The molecule has 0 radical (unpaired) electrons. The van der Waals surface area contributed by atoms with Crippen molar-refractivity contribution in [2.45, 2.75) is 53.6 Å². The largest absolute Gasteiger partial charge is 0.443 e. The minimum absolute atomic E-state index is 0. The number of hydrogen-bond acceptors (Lipinski definition) is 5. The van der Waals surface area contributed by atoms with E-state index < -0.39 is 21.9 Å². The molecule has 21 heavy (non-hydrogen) atoms. The van der Waals surface area contributed by atoms with Gasteiger partial charge >= 0.3 is 16.3 Å². The number of carbonyl (C=O) groups excluding carboxylic acids is 1. The molecule has 0 spiro atoms. The van der Waals surface area contributed by atoms with Crippen molar-refractivity contribution >= 4 is 16.3 Å². The van der Waals surface area contributed by atoms with E-state index in [2.05, 4.69) is 0 Å². The van der Waals surface area contributed by atoms with Crippen molar-refractivity contribution < 1.29 is 22.7 Å². The number of rotatable bonds is 8. The van der Waals surface area contributed by atoms with Crippen molar-refractivity contribution in [1.29, 1.82) is 0 Å². The molecule has 0 unspecified atom stereocenters. The summed E-state index contributed by atoms with van der Waals surface area (Å²) in [5, 5.41) is 0. The molecule has 0 aromatic carbocycles. The van der Waals surface area contributed by atoms with Crippen molar-refractivity contribution in [2.24, 2.45) is 0 Å². The summed E-state index contributed by atoms with van der Waals surface area (Å²) in [6, 6.07) is 0. The Morgan fingerprint density at radius 2 is 1.81 bits per heavy atom. The summed E-state index contributed by atoms with van der Waals surface area (Å²) < 4.78 is 36.6. The zero-order chi connectivity index (χ0) is 15.8. The summed E-state index contributed by atoms with van der Waals surface area (Å²) in [6.07, 6.45) is 0.970. The van der Waals surface area contributed by atoms with E-state index in [-0.39, 0.29) is 20.6 Å². The Hall–Kier alpha value is -0.860. The molecule has 0 aliphatic carbocycles. The first-order chi connectivity index (χ1) is 9.08. The molecule has 0 aliphatic heterocycles. The molecule has 0 aliphatic rings. The molecule has 128 valence electrons. The van der Waals surface area contributed by atoms with Crippen LogP contribution in [-0.2, 0) is 19.7 Å². The standard InChI is InChI=1S/C12H26N2O5S.CH4/c1-6-7-9-18-10-8-14(5)20(16,17)13-11(15)19-12(2,3)4;/h6-10H2,1-5H3,(H,13,15);1H4. The SMILES string of the molecule is C.CCCCOCCN(C)S(=O)(=O)NC(=O)OC(C)(C)C. The molecule has 0 aromatic rings. The van der Waals surface area contributed by atoms with E-state index in [0.717, 1.165) is 17.1 Å². The van der Waals surface area contributed by atoms with Gasteiger partial charge in [0.25, 0.3) is 0 Å². The first-order valence-electron chi connectivity index (χ1n) is 6.63. The van der Waals surface area contributed by atoms with E-state index in [1.165, 1.54) is 7.05 Å². The van der Waals surface area contributed by atoms with Crippen LogP contribution in [-0.4, -0.2) is 51.2 Å². The molecule has 1 N–H and O–H groups in total. The minimum atomic E-state index is -3.90. The molecule has 1 amide bonds. The quantitative estimate of drug-likeness (QED) is 0.691. The third-order valence-corrected chi connectivity index (χ3v) is 3.64. The fourth-order valence-electron chi connectivity index (χ4n) is 1.14. The zero-order valence-electron chi connectivity index (χ0n) is 12.9. The normalized spacial score (nSPS) is 11.9. The maximum absolute atomic E-state index is 11.8. The van der Waals surface area contributed by atoms with Crippen LogP contribution in [0.3, 0.4) is 0 Å². The van der Waals surface area contributed by atoms with Crippen molar-refractivity contribution in [3.63, 3.8) is 0 Å². The maximum atomic E-state index is 11.8. The predicted octanol–water partition coefficient (Wildman–Crippen LogP) is 2.14. The van der Waals surface area contributed by atoms with Gasteiger partial charge in [-0.25, -0.2) is 9.52 Å². The van der Waals surface area contributed by atoms with Gasteiger partial charge in [0.15, 0.2) is 0 Å². The van der Waals surface area contributed by atoms with E-state index in [9.17, 15) is 13.2 Å². The number of ether oxygens (including phenoxy) is 2. The molecule has 0 rings (SSSR count). The predicted molar refractivity (Wildman–Crippen MR) is 83.4 cm³/mol. The van der Waals surface area contributed by atoms with Crippen LogP contribution in [0.2, 0.25) is 0 Å². The van der Waals surface area contributed by atoms with Crippen LogP contribution in [0.15, 0.2) is 0 Å². The Kier molecular flexibility index (Phi) is 10.6. The van der Waals surface area contributed by atoms with Crippen molar-refractivity contribution in [3.05, 3.63) is 0 Å². The highest BCUT2D eigenvalue weighted by Crippen LogP contribution is 2.07. The zero-order valence-corrected chi connectivity index (χ0v) is 13.7. The van der Waals surface area contributed by atoms with Crippen LogP contribution >= 0.6 is 0 Å². The second-order valence-corrected chi connectivity index (χ2v) is 7.17. The maximum Gasteiger partial charge on any atom is 0.422 e. The summed E-state index contributed by atoms with van der Waals surface area (Å²) in [5.74, 6) is 0. The lowest BCUT2D eigenvalue weighted by molar-refractivity contribution is 0.0566. The van der Waals surface area contributed by atoms with Crippen molar-refractivity contribution in [2.75, 3.05) is 26.8 Å². The lowest BCUT2D eigenvalue weighted by Crippen LogP contribution is -2.44. The lowest BCUT2D eigenvalue weighted by Gasteiger charge is -2.22. The molecule has 0 heterocycles. The summed E-state index contributed by atoms with van der Waals surface area (Å²) in [4.78, 5) is 11.4. The fourth-order valence-corrected chi connectivity index (χ4v) is 1.87. The molecule has 7 nitrogen and oxygen atoms in total. The van der Waals surface area contributed by atoms with Crippen molar-refractivity contribution in [3.8, 4) is 0 Å². The number of nitrogens with zero attached hydrogens (tertiary/aromatic N) is 1. The highest BCUT2D eigenvalue weighted by atomic mass is 32.2. The molecule has 0 saturated carbocycles. The number of carbonyl (C=O) groups is 1. The third kappa shape index (κ3) is 11.5. The Bertz CT molecular complexity index is 390. The molecule has 0 fully saturated rings. The Morgan fingerprint density at radius 3 is 2.29 bits per heavy atom. The highest BCUT2D eigenvalue weighted by Gasteiger charge is 2.24. The van der Waals surface area contributed by atoms with Crippen LogP contribution < -0.4 is 4.72 Å². The Morgan fingerprint density at radius 1 is 1.24 bits per heavy atom. The molecular weight excluding hydrogens is 296 g/mol. The van der Waals surface area contributed by atoms with Gasteiger partial charge in [-0.05, 0) is 27.2 Å². The Balaban J connectivity index is 0. The number of likely N-dealkylation sites (N-methyl/N-ethyl adjacent to an activating group) is 1. The van der Waals surface area contributed by atoms with Gasteiger partial charge in [0, 0.05) is 20.2 Å². The Labute approximate surface area is 129 Å². The first-order valence-corrected chi connectivity index (χ1v) is 8.07. The lowest BCUT2D eigenvalue weighted by atomic mass is 10.2. The summed E-state index contributed by atoms with van der Waals surface area (Å²) in [5.41, 5.74) is -0.749. The summed E-state index contributed by atoms with van der Waals surface area (Å²) in [7, 11) is -2.52.